The number of aromatic nitrogens is 4. The van der Waals surface area contributed by atoms with E-state index in [0.29, 0.717) is 41.9 Å². The highest BCUT2D eigenvalue weighted by molar-refractivity contribution is 6.30. The minimum Gasteiger partial charge on any atom is -0.350 e. The second kappa shape index (κ2) is 8.51. The first-order valence-corrected chi connectivity index (χ1v) is 8.72. The average molecular weight is 409 g/mol. The van der Waals surface area contributed by atoms with Gasteiger partial charge in [0.1, 0.15) is 0 Å². The van der Waals surface area contributed by atoms with Gasteiger partial charge in [-0.05, 0) is 24.3 Å². The van der Waals surface area contributed by atoms with Crippen molar-refractivity contribution in [2.45, 2.75) is 19.4 Å². The van der Waals surface area contributed by atoms with Crippen LogP contribution in [0.4, 0.5) is 0 Å². The van der Waals surface area contributed by atoms with E-state index in [9.17, 15) is 4.79 Å². The molecule has 0 radical (unpaired) electrons. The van der Waals surface area contributed by atoms with Gasteiger partial charge in [0.25, 0.3) is 5.91 Å². The predicted molar refractivity (Wildman–Crippen MR) is 102 cm³/mol. The monoisotopic (exact) mass is 408 g/mol. The molecule has 1 aliphatic rings. The Morgan fingerprint density at radius 3 is 2.93 bits per heavy atom. The SMILES string of the molecule is Cl.O=C(NCCc1nc(-c2ccc(Cl)cc2)no1)c1n[nH]c2c1CNCC2. The van der Waals surface area contributed by atoms with E-state index in [2.05, 4.69) is 31.0 Å². The third-order valence-electron chi connectivity index (χ3n) is 4.22. The van der Waals surface area contributed by atoms with Gasteiger partial charge in [0.2, 0.25) is 11.7 Å². The first kappa shape index (κ1) is 19.3. The number of aromatic amines is 1. The summed E-state index contributed by atoms with van der Waals surface area (Å²) in [7, 11) is 0. The molecule has 0 aliphatic carbocycles. The molecule has 0 atom stereocenters. The summed E-state index contributed by atoms with van der Waals surface area (Å²) in [6, 6.07) is 7.19. The number of nitrogens with one attached hydrogen (secondary N) is 3. The number of hydrogen-bond donors (Lipinski definition) is 3. The molecule has 3 heterocycles. The van der Waals surface area contributed by atoms with E-state index in [4.69, 9.17) is 16.1 Å². The summed E-state index contributed by atoms with van der Waals surface area (Å²) in [4.78, 5) is 16.7. The molecule has 0 unspecified atom stereocenters. The van der Waals surface area contributed by atoms with Crippen LogP contribution in [0.25, 0.3) is 11.4 Å². The summed E-state index contributed by atoms with van der Waals surface area (Å²) in [5.41, 5.74) is 3.23. The summed E-state index contributed by atoms with van der Waals surface area (Å²) >= 11 is 5.87. The highest BCUT2D eigenvalue weighted by Gasteiger charge is 2.21. The number of benzene rings is 1. The number of hydrogen-bond acceptors (Lipinski definition) is 6. The lowest BCUT2D eigenvalue weighted by Gasteiger charge is -2.12. The molecule has 1 aliphatic heterocycles. The van der Waals surface area contributed by atoms with Crippen molar-refractivity contribution >= 4 is 29.9 Å². The molecule has 3 N–H and O–H groups in total. The van der Waals surface area contributed by atoms with Crippen LogP contribution in [0.5, 0.6) is 0 Å². The summed E-state index contributed by atoms with van der Waals surface area (Å²) in [5, 5.41) is 17.8. The fourth-order valence-corrected chi connectivity index (χ4v) is 2.98. The van der Waals surface area contributed by atoms with E-state index >= 15 is 0 Å². The maximum atomic E-state index is 12.3. The topological polar surface area (TPSA) is 109 Å². The molecule has 1 amide bonds. The minimum absolute atomic E-state index is 0. The van der Waals surface area contributed by atoms with Crippen molar-refractivity contribution < 1.29 is 9.32 Å². The van der Waals surface area contributed by atoms with Gasteiger partial charge in [0.15, 0.2) is 5.69 Å². The zero-order valence-corrected chi connectivity index (χ0v) is 15.9. The lowest BCUT2D eigenvalue weighted by atomic mass is 10.1. The summed E-state index contributed by atoms with van der Waals surface area (Å²) in [6.07, 6.45) is 1.29. The molecule has 0 fully saturated rings. The first-order chi connectivity index (χ1) is 12.7. The quantitative estimate of drug-likeness (QED) is 0.596. The second-order valence-corrected chi connectivity index (χ2v) is 6.42. The fourth-order valence-electron chi connectivity index (χ4n) is 2.85. The molecule has 0 saturated carbocycles. The lowest BCUT2D eigenvalue weighted by Crippen LogP contribution is -2.29. The lowest BCUT2D eigenvalue weighted by molar-refractivity contribution is 0.0947. The smallest absolute Gasteiger partial charge is 0.272 e. The minimum atomic E-state index is -0.205. The third-order valence-corrected chi connectivity index (χ3v) is 4.47. The number of fused-ring (bicyclic) bond motifs is 1. The molecule has 1 aromatic carbocycles. The highest BCUT2D eigenvalue weighted by Crippen LogP contribution is 2.19. The summed E-state index contributed by atoms with van der Waals surface area (Å²) < 4.78 is 5.24. The van der Waals surface area contributed by atoms with E-state index in [1.807, 2.05) is 12.1 Å². The van der Waals surface area contributed by atoms with Crippen LogP contribution in [0.1, 0.15) is 27.6 Å². The molecule has 4 rings (SSSR count). The van der Waals surface area contributed by atoms with E-state index < -0.39 is 0 Å². The van der Waals surface area contributed by atoms with Crippen LogP contribution in [-0.2, 0) is 19.4 Å². The van der Waals surface area contributed by atoms with Gasteiger partial charge in [-0.3, -0.25) is 9.89 Å². The van der Waals surface area contributed by atoms with E-state index in [-0.39, 0.29) is 18.3 Å². The molecule has 0 saturated heterocycles. The second-order valence-electron chi connectivity index (χ2n) is 5.98. The molecule has 8 nitrogen and oxygen atoms in total. The zero-order chi connectivity index (χ0) is 17.9. The van der Waals surface area contributed by atoms with Crippen molar-refractivity contribution in [2.24, 2.45) is 0 Å². The van der Waals surface area contributed by atoms with Crippen molar-refractivity contribution in [3.8, 4) is 11.4 Å². The zero-order valence-electron chi connectivity index (χ0n) is 14.3. The van der Waals surface area contributed by atoms with Gasteiger partial charge >= 0.3 is 0 Å². The number of carbonyl (C=O) groups is 1. The van der Waals surface area contributed by atoms with Gasteiger partial charge in [-0.1, -0.05) is 16.8 Å². The average Bonchev–Trinajstić information content (AvgIpc) is 3.29. The van der Waals surface area contributed by atoms with Gasteiger partial charge in [0, 0.05) is 54.3 Å². The number of amides is 1. The maximum Gasteiger partial charge on any atom is 0.272 e. The van der Waals surface area contributed by atoms with E-state index in [1.165, 1.54) is 0 Å². The van der Waals surface area contributed by atoms with E-state index in [1.54, 1.807) is 12.1 Å². The van der Waals surface area contributed by atoms with Crippen LogP contribution in [0.15, 0.2) is 28.8 Å². The van der Waals surface area contributed by atoms with Crippen LogP contribution in [0, 0.1) is 0 Å². The maximum absolute atomic E-state index is 12.3. The number of H-pyrrole nitrogens is 1. The van der Waals surface area contributed by atoms with Crippen molar-refractivity contribution in [2.75, 3.05) is 13.1 Å². The van der Waals surface area contributed by atoms with Crippen molar-refractivity contribution in [1.29, 1.82) is 0 Å². The fraction of sp³-hybridized carbons (Fsp3) is 0.294. The molecule has 0 bridgehead atoms. The number of halogens is 2. The van der Waals surface area contributed by atoms with Crippen LogP contribution in [0.3, 0.4) is 0 Å². The van der Waals surface area contributed by atoms with Gasteiger partial charge in [-0.25, -0.2) is 0 Å². The Bertz CT molecular complexity index is 922. The molecule has 0 spiro atoms. The molecule has 142 valence electrons. The third kappa shape index (κ3) is 4.29. The van der Waals surface area contributed by atoms with Gasteiger partial charge in [-0.15, -0.1) is 12.4 Å². The Morgan fingerprint density at radius 1 is 1.30 bits per heavy atom. The van der Waals surface area contributed by atoms with Crippen LogP contribution in [0.2, 0.25) is 5.02 Å². The molecule has 3 aromatic rings. The van der Waals surface area contributed by atoms with Crippen molar-refractivity contribution in [3.63, 3.8) is 0 Å². The largest absolute Gasteiger partial charge is 0.350 e. The number of nitrogens with zero attached hydrogens (tertiary/aromatic N) is 3. The highest BCUT2D eigenvalue weighted by atomic mass is 35.5. The summed E-state index contributed by atoms with van der Waals surface area (Å²) in [5.74, 6) is 0.750. The molecule has 2 aromatic heterocycles. The van der Waals surface area contributed by atoms with E-state index in [0.717, 1.165) is 29.8 Å². The number of rotatable bonds is 5. The van der Waals surface area contributed by atoms with Gasteiger partial charge in [-0.2, -0.15) is 10.1 Å². The molecular weight excluding hydrogens is 391 g/mol. The molecular formula is C17H18Cl2N6O2. The molecule has 27 heavy (non-hydrogen) atoms. The molecule has 10 heteroatoms. The summed E-state index contributed by atoms with van der Waals surface area (Å²) in [6.45, 7) is 1.93. The standard InChI is InChI=1S/C17H17ClN6O2.ClH/c18-11-3-1-10(2-4-11)16-21-14(26-24-16)6-8-20-17(25)15-12-9-19-7-5-13(12)22-23-15;/h1-4,19H,5-9H2,(H,20,25)(H,22,23);1H. The van der Waals surface area contributed by atoms with Crippen LogP contribution >= 0.6 is 24.0 Å². The Kier molecular flexibility index (Phi) is 6.10. The van der Waals surface area contributed by atoms with Gasteiger partial charge in [0.05, 0.1) is 0 Å². The predicted octanol–water partition coefficient (Wildman–Crippen LogP) is 2.15. The van der Waals surface area contributed by atoms with Crippen molar-refractivity contribution in [3.05, 3.63) is 52.1 Å². The Morgan fingerprint density at radius 2 is 2.11 bits per heavy atom. The van der Waals surface area contributed by atoms with Crippen molar-refractivity contribution in [1.82, 2.24) is 31.0 Å². The number of carbonyl (C=O) groups excluding carboxylic acids is 1. The normalized spacial score (nSPS) is 12.9. The Labute approximate surface area is 166 Å². The first-order valence-electron chi connectivity index (χ1n) is 8.34. The Hall–Kier alpha value is -2.42. The van der Waals surface area contributed by atoms with Crippen LogP contribution in [-0.4, -0.2) is 39.3 Å². The van der Waals surface area contributed by atoms with Gasteiger partial charge < -0.3 is 15.2 Å². The Balaban J connectivity index is 0.00000210. The van der Waals surface area contributed by atoms with Crippen LogP contribution < -0.4 is 10.6 Å².